The van der Waals surface area contributed by atoms with Gasteiger partial charge in [-0.15, -0.1) is 0 Å². The second-order valence-electron chi connectivity index (χ2n) is 5.42. The van der Waals surface area contributed by atoms with E-state index in [4.69, 9.17) is 4.74 Å². The van der Waals surface area contributed by atoms with Gasteiger partial charge in [-0.2, -0.15) is 0 Å². The maximum atomic E-state index is 9.20. The van der Waals surface area contributed by atoms with E-state index in [-0.39, 0.29) is 12.6 Å². The molecule has 2 unspecified atom stereocenters. The quantitative estimate of drug-likeness (QED) is 0.635. The minimum atomic E-state index is 0.221. The molecule has 2 N–H and O–H groups in total. The zero-order valence-electron chi connectivity index (χ0n) is 10.9. The maximum absolute atomic E-state index is 9.20. The molecule has 0 amide bonds. The topological polar surface area (TPSA) is 41.5 Å². The van der Waals surface area contributed by atoms with E-state index in [0.717, 1.165) is 19.4 Å². The third kappa shape index (κ3) is 6.46. The van der Waals surface area contributed by atoms with Gasteiger partial charge in [-0.05, 0) is 38.5 Å². The molecule has 0 aromatic rings. The summed E-state index contributed by atoms with van der Waals surface area (Å²) in [6.07, 6.45) is 4.89. The summed E-state index contributed by atoms with van der Waals surface area (Å²) < 4.78 is 5.74. The first kappa shape index (κ1) is 13.9. The number of rotatable bonds is 9. The van der Waals surface area contributed by atoms with Crippen molar-refractivity contribution in [3.05, 3.63) is 0 Å². The van der Waals surface area contributed by atoms with Crippen LogP contribution in [0.15, 0.2) is 0 Å². The Morgan fingerprint density at radius 2 is 2.00 bits per heavy atom. The molecule has 1 fully saturated rings. The van der Waals surface area contributed by atoms with Gasteiger partial charge in [0.1, 0.15) is 0 Å². The highest BCUT2D eigenvalue weighted by Crippen LogP contribution is 2.20. The maximum Gasteiger partial charge on any atom is 0.0585 e. The first-order valence-electron chi connectivity index (χ1n) is 6.60. The molecular weight excluding hydrogens is 202 g/mol. The van der Waals surface area contributed by atoms with Crippen molar-refractivity contribution in [2.45, 2.75) is 64.6 Å². The van der Waals surface area contributed by atoms with Crippen LogP contribution in [-0.2, 0) is 4.74 Å². The highest BCUT2D eigenvalue weighted by Gasteiger charge is 2.24. The summed E-state index contributed by atoms with van der Waals surface area (Å²) >= 11 is 0. The molecule has 1 aliphatic rings. The first-order valence-corrected chi connectivity index (χ1v) is 6.60. The Balaban J connectivity index is 2.02. The van der Waals surface area contributed by atoms with E-state index in [1.165, 1.54) is 12.8 Å². The molecule has 0 heterocycles. The molecule has 3 nitrogen and oxygen atoms in total. The van der Waals surface area contributed by atoms with Crippen LogP contribution < -0.4 is 5.32 Å². The molecule has 0 bridgehead atoms. The van der Waals surface area contributed by atoms with Crippen molar-refractivity contribution >= 4 is 0 Å². The van der Waals surface area contributed by atoms with Gasteiger partial charge in [0, 0.05) is 18.7 Å². The smallest absolute Gasteiger partial charge is 0.0585 e. The van der Waals surface area contributed by atoms with Gasteiger partial charge >= 0.3 is 0 Å². The van der Waals surface area contributed by atoms with Gasteiger partial charge in [0.25, 0.3) is 0 Å². The average molecular weight is 229 g/mol. The number of ether oxygens (including phenoxy) is 1. The summed E-state index contributed by atoms with van der Waals surface area (Å²) in [5.74, 6) is 0.688. The zero-order chi connectivity index (χ0) is 12.0. The molecule has 0 saturated heterocycles. The fourth-order valence-corrected chi connectivity index (χ4v) is 1.95. The van der Waals surface area contributed by atoms with Crippen molar-refractivity contribution in [1.82, 2.24) is 5.32 Å². The zero-order valence-corrected chi connectivity index (χ0v) is 10.9. The first-order chi connectivity index (χ1) is 7.61. The average Bonchev–Trinajstić information content (AvgIpc) is 2.99. The Labute approximate surface area is 99.6 Å². The Morgan fingerprint density at radius 1 is 1.31 bits per heavy atom. The van der Waals surface area contributed by atoms with Crippen molar-refractivity contribution < 1.29 is 9.84 Å². The predicted molar refractivity (Wildman–Crippen MR) is 66.5 cm³/mol. The summed E-state index contributed by atoms with van der Waals surface area (Å²) in [5.41, 5.74) is 0. The van der Waals surface area contributed by atoms with Gasteiger partial charge in [-0.3, -0.25) is 0 Å². The molecule has 16 heavy (non-hydrogen) atoms. The summed E-state index contributed by atoms with van der Waals surface area (Å²) in [6.45, 7) is 7.52. The van der Waals surface area contributed by atoms with Gasteiger partial charge in [-0.1, -0.05) is 13.8 Å². The van der Waals surface area contributed by atoms with Crippen LogP contribution in [0.4, 0.5) is 0 Å². The van der Waals surface area contributed by atoms with Crippen LogP contribution in [0.5, 0.6) is 0 Å². The third-order valence-corrected chi connectivity index (χ3v) is 2.94. The molecule has 0 spiro atoms. The summed E-state index contributed by atoms with van der Waals surface area (Å²) in [4.78, 5) is 0. The van der Waals surface area contributed by atoms with E-state index in [1.807, 2.05) is 0 Å². The van der Waals surface area contributed by atoms with E-state index in [9.17, 15) is 5.11 Å². The summed E-state index contributed by atoms with van der Waals surface area (Å²) in [7, 11) is 0. The molecule has 1 saturated carbocycles. The second kappa shape index (κ2) is 7.25. The van der Waals surface area contributed by atoms with Crippen LogP contribution in [0, 0.1) is 5.92 Å². The van der Waals surface area contributed by atoms with Crippen molar-refractivity contribution in [3.63, 3.8) is 0 Å². The highest BCUT2D eigenvalue weighted by molar-refractivity contribution is 4.84. The molecule has 0 aliphatic heterocycles. The molecule has 96 valence electrons. The van der Waals surface area contributed by atoms with E-state index < -0.39 is 0 Å². The SMILES string of the molecule is CC(C)CC(C)OCCC(CO)NC1CC1. The number of aliphatic hydroxyl groups excluding tert-OH is 1. The lowest BCUT2D eigenvalue weighted by Gasteiger charge is -2.19. The van der Waals surface area contributed by atoms with Gasteiger partial charge in [0.2, 0.25) is 0 Å². The predicted octanol–water partition coefficient (Wildman–Crippen LogP) is 1.94. The van der Waals surface area contributed by atoms with Gasteiger partial charge in [-0.25, -0.2) is 0 Å². The lowest BCUT2D eigenvalue weighted by Crippen LogP contribution is -2.35. The van der Waals surface area contributed by atoms with Crippen molar-refractivity contribution in [2.24, 2.45) is 5.92 Å². The van der Waals surface area contributed by atoms with Crippen LogP contribution in [0.3, 0.4) is 0 Å². The molecule has 0 radical (unpaired) electrons. The van der Waals surface area contributed by atoms with Gasteiger partial charge in [0.05, 0.1) is 12.7 Å². The Kier molecular flexibility index (Phi) is 6.32. The van der Waals surface area contributed by atoms with Crippen LogP contribution >= 0.6 is 0 Å². The second-order valence-corrected chi connectivity index (χ2v) is 5.42. The monoisotopic (exact) mass is 229 g/mol. The number of nitrogens with one attached hydrogen (secondary N) is 1. The van der Waals surface area contributed by atoms with E-state index >= 15 is 0 Å². The molecule has 0 aromatic carbocycles. The molecular formula is C13H27NO2. The Bertz CT molecular complexity index is 181. The standard InChI is InChI=1S/C13H27NO2/c1-10(2)8-11(3)16-7-6-13(9-15)14-12-4-5-12/h10-15H,4-9H2,1-3H3. The molecule has 0 aromatic heterocycles. The van der Waals surface area contributed by atoms with Crippen LogP contribution in [0.2, 0.25) is 0 Å². The number of hydrogen-bond acceptors (Lipinski definition) is 3. The third-order valence-electron chi connectivity index (χ3n) is 2.94. The Hall–Kier alpha value is -0.120. The normalized spacial score (nSPS) is 20.1. The van der Waals surface area contributed by atoms with Crippen molar-refractivity contribution in [2.75, 3.05) is 13.2 Å². The van der Waals surface area contributed by atoms with Crippen molar-refractivity contribution in [1.29, 1.82) is 0 Å². The minimum Gasteiger partial charge on any atom is -0.395 e. The highest BCUT2D eigenvalue weighted by atomic mass is 16.5. The van der Waals surface area contributed by atoms with E-state index in [0.29, 0.717) is 18.1 Å². The van der Waals surface area contributed by atoms with E-state index in [2.05, 4.69) is 26.1 Å². The fraction of sp³-hybridized carbons (Fsp3) is 1.00. The number of aliphatic hydroxyl groups is 1. The molecule has 2 atom stereocenters. The largest absolute Gasteiger partial charge is 0.395 e. The molecule has 3 heteroatoms. The van der Waals surface area contributed by atoms with Gasteiger partial charge in [0.15, 0.2) is 0 Å². The summed E-state index contributed by atoms with van der Waals surface area (Å²) in [5, 5.41) is 12.6. The number of hydrogen-bond donors (Lipinski definition) is 2. The van der Waals surface area contributed by atoms with Crippen molar-refractivity contribution in [3.8, 4) is 0 Å². The Morgan fingerprint density at radius 3 is 2.50 bits per heavy atom. The van der Waals surface area contributed by atoms with Crippen LogP contribution in [-0.4, -0.2) is 36.5 Å². The minimum absolute atomic E-state index is 0.221. The van der Waals surface area contributed by atoms with Gasteiger partial charge < -0.3 is 15.2 Å². The lowest BCUT2D eigenvalue weighted by molar-refractivity contribution is 0.0423. The fourth-order valence-electron chi connectivity index (χ4n) is 1.95. The lowest BCUT2D eigenvalue weighted by atomic mass is 10.1. The van der Waals surface area contributed by atoms with E-state index in [1.54, 1.807) is 0 Å². The van der Waals surface area contributed by atoms with Crippen LogP contribution in [0.1, 0.15) is 46.5 Å². The van der Waals surface area contributed by atoms with Crippen LogP contribution in [0.25, 0.3) is 0 Å². The molecule has 1 aliphatic carbocycles. The summed E-state index contributed by atoms with van der Waals surface area (Å²) in [6, 6.07) is 0.879. The molecule has 1 rings (SSSR count).